The van der Waals surface area contributed by atoms with Crippen molar-refractivity contribution < 1.29 is 0 Å². The lowest BCUT2D eigenvalue weighted by atomic mass is 10.0. The van der Waals surface area contributed by atoms with E-state index < -0.39 is 0 Å². The lowest BCUT2D eigenvalue weighted by molar-refractivity contribution is 0.399. The van der Waals surface area contributed by atoms with Gasteiger partial charge in [0, 0.05) is 18.4 Å². The van der Waals surface area contributed by atoms with Crippen LogP contribution in [0.5, 0.6) is 0 Å². The van der Waals surface area contributed by atoms with Crippen LogP contribution in [0.2, 0.25) is 0 Å². The molecule has 0 saturated carbocycles. The molecule has 0 amide bonds. The maximum absolute atomic E-state index is 4.50. The van der Waals surface area contributed by atoms with Crippen molar-refractivity contribution in [2.45, 2.75) is 33.2 Å². The normalized spacial score (nSPS) is 11.4. The fraction of sp³-hybridized carbons (Fsp3) is 0.583. The molecule has 0 fully saturated rings. The summed E-state index contributed by atoms with van der Waals surface area (Å²) in [7, 11) is 4.18. The number of hydrogen-bond acceptors (Lipinski definition) is 2. The quantitative estimate of drug-likeness (QED) is 0.731. The third kappa shape index (κ3) is 2.81. The first-order chi connectivity index (χ1) is 6.50. The molecule has 78 valence electrons. The van der Waals surface area contributed by atoms with Gasteiger partial charge in [0.2, 0.25) is 0 Å². The molecule has 0 aliphatic heterocycles. The standard InChI is InChI=1S/C12H20N2/c1-9(2)12-11(8-14(4)5)6-10(3)7-13-12/h6-7,9H,8H2,1-5H3. The Morgan fingerprint density at radius 2 is 2.00 bits per heavy atom. The van der Waals surface area contributed by atoms with Crippen LogP contribution < -0.4 is 0 Å². The van der Waals surface area contributed by atoms with Crippen molar-refractivity contribution in [2.75, 3.05) is 14.1 Å². The lowest BCUT2D eigenvalue weighted by Gasteiger charge is -2.16. The molecular formula is C12H20N2. The van der Waals surface area contributed by atoms with Gasteiger partial charge in [-0.2, -0.15) is 0 Å². The van der Waals surface area contributed by atoms with Crippen LogP contribution in [-0.4, -0.2) is 24.0 Å². The van der Waals surface area contributed by atoms with Gasteiger partial charge in [0.15, 0.2) is 0 Å². The summed E-state index contributed by atoms with van der Waals surface area (Å²) in [6.45, 7) is 7.45. The Bertz CT molecular complexity index is 303. The second kappa shape index (κ2) is 4.56. The molecule has 2 nitrogen and oxygen atoms in total. The van der Waals surface area contributed by atoms with E-state index in [4.69, 9.17) is 0 Å². The second-order valence-corrected chi connectivity index (χ2v) is 4.45. The Morgan fingerprint density at radius 3 is 2.50 bits per heavy atom. The predicted molar refractivity (Wildman–Crippen MR) is 60.5 cm³/mol. The summed E-state index contributed by atoms with van der Waals surface area (Å²) in [4.78, 5) is 6.69. The minimum Gasteiger partial charge on any atom is -0.305 e. The molecule has 0 unspecified atom stereocenters. The van der Waals surface area contributed by atoms with Crippen LogP contribution in [0.15, 0.2) is 12.3 Å². The molecule has 0 aliphatic rings. The topological polar surface area (TPSA) is 16.1 Å². The summed E-state index contributed by atoms with van der Waals surface area (Å²) < 4.78 is 0. The molecular weight excluding hydrogens is 172 g/mol. The fourth-order valence-electron chi connectivity index (χ4n) is 1.63. The molecule has 0 aromatic carbocycles. The third-order valence-corrected chi connectivity index (χ3v) is 2.17. The molecule has 0 aliphatic carbocycles. The Kier molecular flexibility index (Phi) is 3.64. The van der Waals surface area contributed by atoms with Gasteiger partial charge in [-0.1, -0.05) is 19.9 Å². The van der Waals surface area contributed by atoms with E-state index in [0.29, 0.717) is 5.92 Å². The molecule has 0 radical (unpaired) electrons. The zero-order valence-corrected chi connectivity index (χ0v) is 9.83. The van der Waals surface area contributed by atoms with Crippen molar-refractivity contribution in [3.05, 3.63) is 29.1 Å². The molecule has 1 rings (SSSR count). The SMILES string of the molecule is Cc1cnc(C(C)C)c(CN(C)C)c1. The highest BCUT2D eigenvalue weighted by molar-refractivity contribution is 5.26. The molecule has 0 atom stereocenters. The van der Waals surface area contributed by atoms with Crippen molar-refractivity contribution in [1.82, 2.24) is 9.88 Å². The molecule has 0 N–H and O–H groups in total. The predicted octanol–water partition coefficient (Wildman–Crippen LogP) is 2.58. The first-order valence-electron chi connectivity index (χ1n) is 5.11. The second-order valence-electron chi connectivity index (χ2n) is 4.45. The first-order valence-corrected chi connectivity index (χ1v) is 5.11. The van der Waals surface area contributed by atoms with E-state index >= 15 is 0 Å². The van der Waals surface area contributed by atoms with E-state index in [1.54, 1.807) is 0 Å². The van der Waals surface area contributed by atoms with E-state index in [0.717, 1.165) is 6.54 Å². The van der Waals surface area contributed by atoms with Crippen molar-refractivity contribution >= 4 is 0 Å². The Morgan fingerprint density at radius 1 is 1.36 bits per heavy atom. The summed E-state index contributed by atoms with van der Waals surface area (Å²) in [5, 5.41) is 0. The number of aryl methyl sites for hydroxylation is 1. The third-order valence-electron chi connectivity index (χ3n) is 2.17. The molecule has 2 heteroatoms. The highest BCUT2D eigenvalue weighted by Gasteiger charge is 2.08. The average molecular weight is 192 g/mol. The number of pyridine rings is 1. The van der Waals surface area contributed by atoms with E-state index in [9.17, 15) is 0 Å². The number of aromatic nitrogens is 1. The molecule has 1 heterocycles. The van der Waals surface area contributed by atoms with Crippen LogP contribution in [0.25, 0.3) is 0 Å². The minimum atomic E-state index is 0.505. The van der Waals surface area contributed by atoms with E-state index in [1.807, 2.05) is 6.20 Å². The van der Waals surface area contributed by atoms with Crippen molar-refractivity contribution in [3.63, 3.8) is 0 Å². The van der Waals surface area contributed by atoms with Crippen LogP contribution in [0, 0.1) is 6.92 Å². The number of nitrogens with zero attached hydrogens (tertiary/aromatic N) is 2. The summed E-state index contributed by atoms with van der Waals surface area (Å²) in [6.07, 6.45) is 1.95. The van der Waals surface area contributed by atoms with Crippen LogP contribution in [0.1, 0.15) is 36.6 Å². The van der Waals surface area contributed by atoms with Crippen molar-refractivity contribution in [3.8, 4) is 0 Å². The van der Waals surface area contributed by atoms with Crippen molar-refractivity contribution in [1.29, 1.82) is 0 Å². The zero-order valence-electron chi connectivity index (χ0n) is 9.83. The van der Waals surface area contributed by atoms with Gasteiger partial charge in [0.05, 0.1) is 0 Å². The summed E-state index contributed by atoms with van der Waals surface area (Å²) in [6, 6.07) is 2.24. The smallest absolute Gasteiger partial charge is 0.0474 e. The lowest BCUT2D eigenvalue weighted by Crippen LogP contribution is -2.13. The minimum absolute atomic E-state index is 0.505. The molecule has 0 saturated heterocycles. The van der Waals surface area contributed by atoms with Crippen LogP contribution in [0.3, 0.4) is 0 Å². The van der Waals surface area contributed by atoms with E-state index in [1.165, 1.54) is 16.8 Å². The zero-order chi connectivity index (χ0) is 10.7. The fourth-order valence-corrected chi connectivity index (χ4v) is 1.63. The summed E-state index contributed by atoms with van der Waals surface area (Å²) >= 11 is 0. The van der Waals surface area contributed by atoms with Gasteiger partial charge in [-0.3, -0.25) is 4.98 Å². The number of rotatable bonds is 3. The monoisotopic (exact) mass is 192 g/mol. The molecule has 0 bridgehead atoms. The van der Waals surface area contributed by atoms with Gasteiger partial charge < -0.3 is 4.90 Å². The van der Waals surface area contributed by atoms with Crippen molar-refractivity contribution in [2.24, 2.45) is 0 Å². The molecule has 1 aromatic heterocycles. The molecule has 1 aromatic rings. The highest BCUT2D eigenvalue weighted by Crippen LogP contribution is 2.18. The largest absolute Gasteiger partial charge is 0.305 e. The Balaban J connectivity index is 3.03. The Labute approximate surface area is 87.0 Å². The average Bonchev–Trinajstić information content (AvgIpc) is 2.01. The summed E-state index contributed by atoms with van der Waals surface area (Å²) in [5.41, 5.74) is 3.82. The van der Waals surface area contributed by atoms with Gasteiger partial charge in [-0.25, -0.2) is 0 Å². The van der Waals surface area contributed by atoms with Gasteiger partial charge >= 0.3 is 0 Å². The maximum atomic E-state index is 4.50. The number of hydrogen-bond donors (Lipinski definition) is 0. The van der Waals surface area contributed by atoms with Gasteiger partial charge in [0.25, 0.3) is 0 Å². The maximum Gasteiger partial charge on any atom is 0.0474 e. The van der Waals surface area contributed by atoms with Gasteiger partial charge in [-0.05, 0) is 38.1 Å². The van der Waals surface area contributed by atoms with Crippen LogP contribution in [0.4, 0.5) is 0 Å². The van der Waals surface area contributed by atoms with Gasteiger partial charge in [0.1, 0.15) is 0 Å². The van der Waals surface area contributed by atoms with Crippen LogP contribution in [-0.2, 0) is 6.54 Å². The Hall–Kier alpha value is -0.890. The highest BCUT2D eigenvalue weighted by atomic mass is 15.0. The first kappa shape index (κ1) is 11.2. The van der Waals surface area contributed by atoms with E-state index in [2.05, 4.69) is 50.8 Å². The van der Waals surface area contributed by atoms with Gasteiger partial charge in [-0.15, -0.1) is 0 Å². The molecule has 0 spiro atoms. The van der Waals surface area contributed by atoms with Crippen LogP contribution >= 0.6 is 0 Å². The molecule has 14 heavy (non-hydrogen) atoms. The van der Waals surface area contributed by atoms with E-state index in [-0.39, 0.29) is 0 Å². The summed E-state index contributed by atoms with van der Waals surface area (Å²) in [5.74, 6) is 0.505.